The Balaban J connectivity index is 1.84. The zero-order valence-electron chi connectivity index (χ0n) is 20.3. The zero-order valence-corrected chi connectivity index (χ0v) is 20.3. The molecule has 2 aromatic carbocycles. The average molecular weight is 501 g/mol. The quantitative estimate of drug-likeness (QED) is 0.311. The molecule has 9 nitrogen and oxygen atoms in total. The van der Waals surface area contributed by atoms with Crippen LogP contribution in [0.1, 0.15) is 31.7 Å². The first kappa shape index (κ1) is 26.7. The summed E-state index contributed by atoms with van der Waals surface area (Å²) in [6.07, 6.45) is -1.23. The number of benzene rings is 2. The molecule has 10 heteroatoms. The van der Waals surface area contributed by atoms with Crippen molar-refractivity contribution in [1.82, 2.24) is 4.90 Å². The van der Waals surface area contributed by atoms with Gasteiger partial charge in [-0.15, -0.1) is 0 Å². The monoisotopic (exact) mass is 500 g/mol. The van der Waals surface area contributed by atoms with Gasteiger partial charge >= 0.3 is 18.0 Å². The maximum absolute atomic E-state index is 14.1. The molecule has 0 aromatic heterocycles. The number of amides is 2. The highest BCUT2D eigenvalue weighted by molar-refractivity contribution is 6.08. The number of esters is 2. The number of carbonyl (C=O) groups is 4. The molecule has 2 amide bonds. The molecule has 0 bridgehead atoms. The lowest BCUT2D eigenvalue weighted by Gasteiger charge is -2.46. The lowest BCUT2D eigenvalue weighted by atomic mass is 9.84. The van der Waals surface area contributed by atoms with Crippen LogP contribution in [0.3, 0.4) is 0 Å². The molecular formula is C26H29FN2O7. The molecule has 0 atom stereocenters. The maximum atomic E-state index is 14.1. The zero-order chi connectivity index (χ0) is 26.1. The Labute approximate surface area is 208 Å². The van der Waals surface area contributed by atoms with Crippen molar-refractivity contribution >= 4 is 29.6 Å². The van der Waals surface area contributed by atoms with Crippen LogP contribution in [-0.2, 0) is 35.2 Å². The fourth-order valence-electron chi connectivity index (χ4n) is 4.24. The molecule has 1 heterocycles. The van der Waals surface area contributed by atoms with Gasteiger partial charge < -0.3 is 19.1 Å². The largest absolute Gasteiger partial charge is 0.467 e. The fourth-order valence-corrected chi connectivity index (χ4v) is 4.24. The number of rotatable bonds is 8. The summed E-state index contributed by atoms with van der Waals surface area (Å²) in [6, 6.07) is 14.4. The third kappa shape index (κ3) is 6.18. The number of likely N-dealkylation sites (tertiary alicyclic amines) is 1. The summed E-state index contributed by atoms with van der Waals surface area (Å²) in [7, 11) is 1.18. The van der Waals surface area contributed by atoms with Gasteiger partial charge in [-0.3, -0.25) is 14.5 Å². The summed E-state index contributed by atoms with van der Waals surface area (Å²) >= 11 is 0. The van der Waals surface area contributed by atoms with Gasteiger partial charge in [-0.1, -0.05) is 36.4 Å². The van der Waals surface area contributed by atoms with Crippen LogP contribution in [0.2, 0.25) is 0 Å². The van der Waals surface area contributed by atoms with Crippen molar-refractivity contribution in [3.8, 4) is 0 Å². The minimum Gasteiger partial charge on any atom is -0.467 e. The van der Waals surface area contributed by atoms with E-state index in [0.717, 1.165) is 16.5 Å². The summed E-state index contributed by atoms with van der Waals surface area (Å²) in [5, 5.41) is 0. The lowest BCUT2D eigenvalue weighted by molar-refractivity contribution is -0.152. The number of halogens is 1. The van der Waals surface area contributed by atoms with Gasteiger partial charge in [0.25, 0.3) is 0 Å². The number of anilines is 1. The number of carbonyl (C=O) groups excluding carboxylic acids is 4. The third-order valence-corrected chi connectivity index (χ3v) is 5.96. The number of hydrogen-bond acceptors (Lipinski definition) is 7. The summed E-state index contributed by atoms with van der Waals surface area (Å²) in [5.74, 6) is -2.87. The number of nitrogens with zero attached hydrogens (tertiary/aromatic N) is 2. The van der Waals surface area contributed by atoms with E-state index in [2.05, 4.69) is 0 Å². The number of piperidine rings is 1. The molecule has 0 N–H and O–H groups in total. The molecule has 36 heavy (non-hydrogen) atoms. The van der Waals surface area contributed by atoms with Crippen LogP contribution in [0.25, 0.3) is 0 Å². The van der Waals surface area contributed by atoms with E-state index in [1.54, 1.807) is 6.92 Å². The first-order valence-electron chi connectivity index (χ1n) is 11.6. The van der Waals surface area contributed by atoms with Crippen LogP contribution < -0.4 is 4.90 Å². The molecule has 1 saturated heterocycles. The Kier molecular flexibility index (Phi) is 8.99. The molecule has 1 fully saturated rings. The van der Waals surface area contributed by atoms with Crippen molar-refractivity contribution in [2.75, 3.05) is 31.7 Å². The van der Waals surface area contributed by atoms with Gasteiger partial charge in [-0.25, -0.2) is 14.0 Å². The molecule has 192 valence electrons. The molecule has 3 rings (SSSR count). The summed E-state index contributed by atoms with van der Waals surface area (Å²) in [6.45, 7) is 1.91. The van der Waals surface area contributed by atoms with E-state index in [1.807, 2.05) is 30.3 Å². The average Bonchev–Trinajstić information content (AvgIpc) is 2.88. The highest BCUT2D eigenvalue weighted by Gasteiger charge is 2.51. The molecule has 0 saturated carbocycles. The maximum Gasteiger partial charge on any atom is 0.410 e. The lowest BCUT2D eigenvalue weighted by Crippen LogP contribution is -2.63. The van der Waals surface area contributed by atoms with Gasteiger partial charge in [0.1, 0.15) is 24.4 Å². The summed E-state index contributed by atoms with van der Waals surface area (Å²) in [4.78, 5) is 53.7. The summed E-state index contributed by atoms with van der Waals surface area (Å²) < 4.78 is 29.5. The Morgan fingerprint density at radius 2 is 1.69 bits per heavy atom. The van der Waals surface area contributed by atoms with E-state index in [4.69, 9.17) is 14.2 Å². The van der Waals surface area contributed by atoms with Crippen LogP contribution in [0.15, 0.2) is 54.6 Å². The van der Waals surface area contributed by atoms with Crippen molar-refractivity contribution in [3.05, 3.63) is 66.0 Å². The van der Waals surface area contributed by atoms with E-state index < -0.39 is 41.7 Å². The molecule has 1 aliphatic heterocycles. The Morgan fingerprint density at radius 1 is 1.00 bits per heavy atom. The first-order chi connectivity index (χ1) is 17.3. The number of ether oxygens (including phenoxy) is 3. The third-order valence-electron chi connectivity index (χ3n) is 5.96. The summed E-state index contributed by atoms with van der Waals surface area (Å²) in [5.41, 5.74) is -0.647. The van der Waals surface area contributed by atoms with Crippen molar-refractivity contribution in [3.63, 3.8) is 0 Å². The van der Waals surface area contributed by atoms with Crippen LogP contribution in [-0.4, -0.2) is 61.2 Å². The minimum atomic E-state index is -1.57. The van der Waals surface area contributed by atoms with Crippen LogP contribution >= 0.6 is 0 Å². The molecule has 0 radical (unpaired) electrons. The van der Waals surface area contributed by atoms with Gasteiger partial charge in [0.15, 0.2) is 0 Å². The minimum absolute atomic E-state index is 0.00874. The van der Waals surface area contributed by atoms with Crippen molar-refractivity contribution in [2.24, 2.45) is 0 Å². The van der Waals surface area contributed by atoms with Crippen molar-refractivity contribution in [1.29, 1.82) is 0 Å². The second kappa shape index (κ2) is 12.1. The Bertz CT molecular complexity index is 1080. The smallest absolute Gasteiger partial charge is 0.410 e. The van der Waals surface area contributed by atoms with Gasteiger partial charge in [0, 0.05) is 18.8 Å². The molecule has 1 aliphatic rings. The van der Waals surface area contributed by atoms with Gasteiger partial charge in [-0.2, -0.15) is 0 Å². The first-order valence-corrected chi connectivity index (χ1v) is 11.6. The van der Waals surface area contributed by atoms with E-state index >= 15 is 0 Å². The standard InChI is InChI=1S/C26H29FN2O7/c1-3-35-23(31)17-22(30)29(21-11-7-10-20(27)16-21)26(24(32)34-2)12-14-28(15-13-26)25(33)36-18-19-8-5-4-6-9-19/h4-11,16H,3,12-15,17-18H2,1-2H3. The fraction of sp³-hybridized carbons (Fsp3) is 0.385. The Hall–Kier alpha value is -3.95. The second-order valence-corrected chi connectivity index (χ2v) is 8.24. The van der Waals surface area contributed by atoms with E-state index in [1.165, 1.54) is 30.2 Å². The highest BCUT2D eigenvalue weighted by Crippen LogP contribution is 2.36. The van der Waals surface area contributed by atoms with Gasteiger partial charge in [0.05, 0.1) is 13.7 Å². The topological polar surface area (TPSA) is 102 Å². The van der Waals surface area contributed by atoms with Gasteiger partial charge in [0.2, 0.25) is 5.91 Å². The van der Waals surface area contributed by atoms with E-state index in [-0.39, 0.29) is 44.8 Å². The highest BCUT2D eigenvalue weighted by atomic mass is 19.1. The van der Waals surface area contributed by atoms with Crippen LogP contribution in [0.5, 0.6) is 0 Å². The van der Waals surface area contributed by atoms with E-state index in [9.17, 15) is 23.6 Å². The van der Waals surface area contributed by atoms with E-state index in [0.29, 0.717) is 0 Å². The number of hydrogen-bond donors (Lipinski definition) is 0. The van der Waals surface area contributed by atoms with Crippen LogP contribution in [0.4, 0.5) is 14.9 Å². The number of methoxy groups -OCH3 is 1. The second-order valence-electron chi connectivity index (χ2n) is 8.24. The molecule has 0 unspecified atom stereocenters. The molecule has 0 spiro atoms. The predicted molar refractivity (Wildman–Crippen MR) is 127 cm³/mol. The Morgan fingerprint density at radius 3 is 2.31 bits per heavy atom. The molecule has 2 aromatic rings. The normalized spacial score (nSPS) is 14.5. The molecular weight excluding hydrogens is 471 g/mol. The SMILES string of the molecule is CCOC(=O)CC(=O)N(c1cccc(F)c1)C1(C(=O)OC)CCN(C(=O)OCc2ccccc2)CC1. The van der Waals surface area contributed by atoms with Crippen molar-refractivity contribution in [2.45, 2.75) is 38.3 Å². The van der Waals surface area contributed by atoms with Gasteiger partial charge in [-0.05, 0) is 43.5 Å². The molecule has 0 aliphatic carbocycles. The predicted octanol–water partition coefficient (Wildman–Crippen LogP) is 3.46. The van der Waals surface area contributed by atoms with Crippen LogP contribution in [0, 0.1) is 5.82 Å². The van der Waals surface area contributed by atoms with Crippen molar-refractivity contribution < 1.29 is 37.8 Å².